The summed E-state index contributed by atoms with van der Waals surface area (Å²) in [6, 6.07) is 14.9. The Morgan fingerprint density at radius 3 is 2.39 bits per heavy atom. The Balaban J connectivity index is 1.72. The van der Waals surface area contributed by atoms with E-state index in [2.05, 4.69) is 5.32 Å². The van der Waals surface area contributed by atoms with Gasteiger partial charge in [0, 0.05) is 21.4 Å². The number of nitrogens with one attached hydrogen (secondary N) is 1. The molecule has 7 heteroatoms. The van der Waals surface area contributed by atoms with Gasteiger partial charge in [0.15, 0.2) is 0 Å². The molecule has 1 aliphatic carbocycles. The zero-order valence-electron chi connectivity index (χ0n) is 18.9. The molecular formula is C26H30N2O3S2. The summed E-state index contributed by atoms with van der Waals surface area (Å²) >= 11 is 3.15. The Labute approximate surface area is 203 Å². The number of carbonyl (C=O) groups excluding carboxylic acids is 2. The molecule has 5 nitrogen and oxygen atoms in total. The molecule has 3 aromatic rings. The maximum Gasteiger partial charge on any atom is 0.247 e. The van der Waals surface area contributed by atoms with E-state index in [0.29, 0.717) is 18.9 Å². The first-order valence-electron chi connectivity index (χ1n) is 11.5. The number of carbonyl (C=O) groups is 2. The number of thiophene rings is 2. The molecule has 0 unspecified atom stereocenters. The maximum atomic E-state index is 13.8. The first-order chi connectivity index (χ1) is 16.2. The molecule has 2 heterocycles. The number of nitrogens with zero attached hydrogens (tertiary/aromatic N) is 1. The van der Waals surface area contributed by atoms with E-state index >= 15 is 0 Å². The van der Waals surface area contributed by atoms with Crippen LogP contribution in [0.2, 0.25) is 0 Å². The van der Waals surface area contributed by atoms with Gasteiger partial charge in [-0.15, -0.1) is 22.7 Å². The fourth-order valence-electron chi connectivity index (χ4n) is 4.35. The van der Waals surface area contributed by atoms with E-state index in [-0.39, 0.29) is 24.3 Å². The summed E-state index contributed by atoms with van der Waals surface area (Å²) in [4.78, 5) is 31.2. The highest BCUT2D eigenvalue weighted by atomic mass is 32.1. The van der Waals surface area contributed by atoms with Crippen LogP contribution in [0.25, 0.3) is 0 Å². The number of amides is 2. The van der Waals surface area contributed by atoms with Crippen molar-refractivity contribution in [3.05, 3.63) is 74.6 Å². The monoisotopic (exact) mass is 482 g/mol. The minimum atomic E-state index is -0.761. The molecule has 2 amide bonds. The lowest BCUT2D eigenvalue weighted by Crippen LogP contribution is -2.46. The average Bonchev–Trinajstić information content (AvgIpc) is 3.59. The molecule has 1 saturated carbocycles. The lowest BCUT2D eigenvalue weighted by atomic mass is 10.0. The molecule has 2 aromatic heterocycles. The summed E-state index contributed by atoms with van der Waals surface area (Å²) in [5.74, 6) is 0.445. The number of rotatable bonds is 10. The van der Waals surface area contributed by atoms with Crippen LogP contribution in [0.1, 0.15) is 54.0 Å². The molecule has 1 aromatic carbocycles. The molecule has 1 aliphatic rings. The van der Waals surface area contributed by atoms with Crippen molar-refractivity contribution in [2.24, 2.45) is 0 Å². The van der Waals surface area contributed by atoms with Crippen LogP contribution in [0.5, 0.6) is 5.75 Å². The van der Waals surface area contributed by atoms with Crippen LogP contribution in [0.4, 0.5) is 0 Å². The third-order valence-corrected chi connectivity index (χ3v) is 7.64. The van der Waals surface area contributed by atoms with Crippen molar-refractivity contribution in [3.63, 3.8) is 0 Å². The van der Waals surface area contributed by atoms with Crippen molar-refractivity contribution in [2.45, 2.75) is 57.7 Å². The van der Waals surface area contributed by atoms with Gasteiger partial charge < -0.3 is 15.0 Å². The highest BCUT2D eigenvalue weighted by Crippen LogP contribution is 2.33. The number of hydrogen-bond acceptors (Lipinski definition) is 5. The average molecular weight is 483 g/mol. The second kappa shape index (κ2) is 11.5. The predicted molar refractivity (Wildman–Crippen MR) is 134 cm³/mol. The summed E-state index contributed by atoms with van der Waals surface area (Å²) in [7, 11) is 0. The maximum absolute atomic E-state index is 13.8. The largest absolute Gasteiger partial charge is 0.494 e. The van der Waals surface area contributed by atoms with Gasteiger partial charge in [-0.3, -0.25) is 9.59 Å². The van der Waals surface area contributed by atoms with Gasteiger partial charge in [-0.25, -0.2) is 0 Å². The molecular weight excluding hydrogens is 452 g/mol. The SMILES string of the molecule is CCOc1ccccc1[C@H](C(=O)NC1CCCC1)N(Cc1cccs1)C(=O)Cc1cccs1. The second-order valence-corrected chi connectivity index (χ2v) is 10.3. The molecule has 0 spiro atoms. The van der Waals surface area contributed by atoms with Crippen molar-refractivity contribution in [1.29, 1.82) is 0 Å². The van der Waals surface area contributed by atoms with Crippen LogP contribution in [0, 0.1) is 0 Å². The summed E-state index contributed by atoms with van der Waals surface area (Å²) in [5.41, 5.74) is 0.728. The van der Waals surface area contributed by atoms with Gasteiger partial charge in [0.1, 0.15) is 11.8 Å². The van der Waals surface area contributed by atoms with Crippen LogP contribution >= 0.6 is 22.7 Å². The Hall–Kier alpha value is -2.64. The van der Waals surface area contributed by atoms with Crippen LogP contribution < -0.4 is 10.1 Å². The van der Waals surface area contributed by atoms with Crippen molar-refractivity contribution in [1.82, 2.24) is 10.2 Å². The fourth-order valence-corrected chi connectivity index (χ4v) is 5.75. The minimum absolute atomic E-state index is 0.0660. The lowest BCUT2D eigenvalue weighted by molar-refractivity contribution is -0.141. The number of benzene rings is 1. The second-order valence-electron chi connectivity index (χ2n) is 8.22. The third-order valence-electron chi connectivity index (χ3n) is 5.91. The zero-order valence-corrected chi connectivity index (χ0v) is 20.5. The lowest BCUT2D eigenvalue weighted by Gasteiger charge is -2.33. The summed E-state index contributed by atoms with van der Waals surface area (Å²) in [5, 5.41) is 7.21. The molecule has 1 N–H and O–H groups in total. The topological polar surface area (TPSA) is 58.6 Å². The molecule has 0 bridgehead atoms. The first-order valence-corrected chi connectivity index (χ1v) is 13.3. The Bertz CT molecular complexity index is 1030. The van der Waals surface area contributed by atoms with Crippen LogP contribution in [0.3, 0.4) is 0 Å². The van der Waals surface area contributed by atoms with E-state index < -0.39 is 6.04 Å². The molecule has 4 rings (SSSR count). The summed E-state index contributed by atoms with van der Waals surface area (Å²) < 4.78 is 5.90. The molecule has 174 valence electrons. The summed E-state index contributed by atoms with van der Waals surface area (Å²) in [6.07, 6.45) is 4.50. The van der Waals surface area contributed by atoms with Crippen molar-refractivity contribution in [3.8, 4) is 5.75 Å². The van der Waals surface area contributed by atoms with E-state index in [0.717, 1.165) is 41.0 Å². The van der Waals surface area contributed by atoms with Crippen molar-refractivity contribution in [2.75, 3.05) is 6.61 Å². The van der Waals surface area contributed by atoms with Crippen LogP contribution in [-0.2, 0) is 22.6 Å². The highest BCUT2D eigenvalue weighted by molar-refractivity contribution is 7.10. The van der Waals surface area contributed by atoms with Gasteiger partial charge in [0.2, 0.25) is 11.8 Å². The third kappa shape index (κ3) is 6.03. The zero-order chi connectivity index (χ0) is 23.0. The smallest absolute Gasteiger partial charge is 0.247 e. The molecule has 0 saturated heterocycles. The predicted octanol–water partition coefficient (Wildman–Crippen LogP) is 5.58. The Morgan fingerprint density at radius 2 is 1.73 bits per heavy atom. The van der Waals surface area contributed by atoms with Gasteiger partial charge in [0.05, 0.1) is 19.6 Å². The van der Waals surface area contributed by atoms with E-state index in [1.165, 1.54) is 0 Å². The molecule has 0 radical (unpaired) electrons. The Morgan fingerprint density at radius 1 is 1.03 bits per heavy atom. The standard InChI is InChI=1S/C26H30N2O3S2/c1-2-31-23-14-6-5-13-22(23)25(26(30)27-19-9-3-4-10-19)28(18-21-12-8-16-33-21)24(29)17-20-11-7-15-32-20/h5-8,11-16,19,25H,2-4,9-10,17-18H2,1H3,(H,27,30)/t25-/m1/s1. The van der Waals surface area contributed by atoms with E-state index in [9.17, 15) is 9.59 Å². The van der Waals surface area contributed by atoms with Gasteiger partial charge in [-0.05, 0) is 48.7 Å². The number of hydrogen-bond donors (Lipinski definition) is 1. The van der Waals surface area contributed by atoms with E-state index in [4.69, 9.17) is 4.74 Å². The minimum Gasteiger partial charge on any atom is -0.494 e. The normalized spacial score (nSPS) is 14.7. The number of para-hydroxylation sites is 1. The van der Waals surface area contributed by atoms with Crippen LogP contribution in [0.15, 0.2) is 59.3 Å². The molecule has 0 aliphatic heterocycles. The molecule has 1 fully saturated rings. The van der Waals surface area contributed by atoms with Gasteiger partial charge in [-0.1, -0.05) is 43.2 Å². The van der Waals surface area contributed by atoms with Gasteiger partial charge in [0.25, 0.3) is 0 Å². The van der Waals surface area contributed by atoms with Crippen molar-refractivity contribution < 1.29 is 14.3 Å². The molecule has 33 heavy (non-hydrogen) atoms. The fraction of sp³-hybridized carbons (Fsp3) is 0.385. The Kier molecular flexibility index (Phi) is 8.18. The molecule has 1 atom stereocenters. The highest BCUT2D eigenvalue weighted by Gasteiger charge is 2.35. The van der Waals surface area contributed by atoms with E-state index in [1.54, 1.807) is 27.6 Å². The van der Waals surface area contributed by atoms with Gasteiger partial charge >= 0.3 is 0 Å². The van der Waals surface area contributed by atoms with E-state index in [1.807, 2.05) is 66.2 Å². The van der Waals surface area contributed by atoms with Gasteiger partial charge in [-0.2, -0.15) is 0 Å². The quantitative estimate of drug-likeness (QED) is 0.410. The van der Waals surface area contributed by atoms with Crippen molar-refractivity contribution >= 4 is 34.5 Å². The first kappa shape index (κ1) is 23.5. The summed E-state index contributed by atoms with van der Waals surface area (Å²) in [6.45, 7) is 2.79. The number of ether oxygens (including phenoxy) is 1. The van der Waals surface area contributed by atoms with Crippen LogP contribution in [-0.4, -0.2) is 29.4 Å².